The van der Waals surface area contributed by atoms with E-state index in [0.29, 0.717) is 5.76 Å². The number of nitrogens with one attached hydrogen (secondary N) is 1. The molecule has 0 bridgehead atoms. The molecule has 0 aliphatic carbocycles. The number of para-hydroxylation sites is 1. The number of amides is 1. The largest absolute Gasteiger partial charge is 0.459 e. The second-order valence-corrected chi connectivity index (χ2v) is 4.99. The van der Waals surface area contributed by atoms with E-state index in [1.54, 1.807) is 0 Å². The predicted octanol–water partition coefficient (Wildman–Crippen LogP) is 3.37. The summed E-state index contributed by atoms with van der Waals surface area (Å²) >= 11 is 5.64. The number of carbonyl (C=O) groups excluding carboxylic acids is 1. The van der Waals surface area contributed by atoms with Crippen molar-refractivity contribution in [3.8, 4) is 0 Å². The van der Waals surface area contributed by atoms with Gasteiger partial charge in [-0.2, -0.15) is 0 Å². The summed E-state index contributed by atoms with van der Waals surface area (Å²) in [7, 11) is 0. The zero-order chi connectivity index (χ0) is 14.8. The molecule has 3 aromatic rings. The normalized spacial score (nSPS) is 12.3. The second-order valence-electron chi connectivity index (χ2n) is 4.61. The number of halogens is 1. The van der Waals surface area contributed by atoms with Gasteiger partial charge < -0.3 is 9.73 Å². The molecule has 3 rings (SSSR count). The number of furan rings is 1. The molecule has 0 spiro atoms. The zero-order valence-electron chi connectivity index (χ0n) is 11.2. The molecule has 1 N–H and O–H groups in total. The van der Waals surface area contributed by atoms with Crippen LogP contribution >= 0.6 is 11.6 Å². The molecule has 1 unspecified atom stereocenters. The summed E-state index contributed by atoms with van der Waals surface area (Å²) < 4.78 is 5.71. The highest BCUT2D eigenvalue weighted by Crippen LogP contribution is 2.23. The van der Waals surface area contributed by atoms with Crippen LogP contribution in [-0.2, 0) is 0 Å². The number of carbonyl (C=O) groups is 1. The van der Waals surface area contributed by atoms with Gasteiger partial charge in [0.25, 0.3) is 5.91 Å². The van der Waals surface area contributed by atoms with E-state index in [0.717, 1.165) is 11.0 Å². The Balaban J connectivity index is 1.77. The average Bonchev–Trinajstić information content (AvgIpc) is 2.92. The minimum Gasteiger partial charge on any atom is -0.459 e. The Labute approximate surface area is 126 Å². The van der Waals surface area contributed by atoms with E-state index in [9.17, 15) is 4.79 Å². The van der Waals surface area contributed by atoms with Crippen molar-refractivity contribution in [2.24, 2.45) is 0 Å². The summed E-state index contributed by atoms with van der Waals surface area (Å²) in [5.41, 5.74) is 1.00. The number of aromatic nitrogens is 2. The van der Waals surface area contributed by atoms with Crippen LogP contribution in [0.25, 0.3) is 11.0 Å². The van der Waals surface area contributed by atoms with Crippen LogP contribution in [-0.4, -0.2) is 15.9 Å². The Bertz CT molecular complexity index is 750. The number of rotatable bonds is 3. The fourth-order valence-corrected chi connectivity index (χ4v) is 2.08. The van der Waals surface area contributed by atoms with Crippen molar-refractivity contribution in [2.75, 3.05) is 0 Å². The van der Waals surface area contributed by atoms with Gasteiger partial charge in [-0.05, 0) is 19.1 Å². The fraction of sp³-hybridized carbons (Fsp3) is 0.133. The molecule has 2 aromatic heterocycles. The molecule has 1 atom stereocenters. The van der Waals surface area contributed by atoms with Crippen molar-refractivity contribution in [3.63, 3.8) is 0 Å². The first kappa shape index (κ1) is 13.6. The van der Waals surface area contributed by atoms with E-state index in [-0.39, 0.29) is 22.8 Å². The second kappa shape index (κ2) is 5.54. The average molecular weight is 302 g/mol. The van der Waals surface area contributed by atoms with E-state index in [4.69, 9.17) is 16.0 Å². The lowest BCUT2D eigenvalue weighted by Crippen LogP contribution is -2.27. The van der Waals surface area contributed by atoms with E-state index in [2.05, 4.69) is 15.3 Å². The van der Waals surface area contributed by atoms with Gasteiger partial charge in [0.15, 0.2) is 0 Å². The minimum absolute atomic E-state index is 0.211. The molecule has 0 saturated carbocycles. The lowest BCUT2D eigenvalue weighted by Gasteiger charge is -2.10. The van der Waals surface area contributed by atoms with Crippen LogP contribution in [0, 0.1) is 0 Å². The van der Waals surface area contributed by atoms with Crippen LogP contribution in [0.4, 0.5) is 0 Å². The summed E-state index contributed by atoms with van der Waals surface area (Å²) in [6.45, 7) is 1.85. The van der Waals surface area contributed by atoms with Gasteiger partial charge in [-0.15, -0.1) is 0 Å². The minimum atomic E-state index is -0.327. The van der Waals surface area contributed by atoms with Crippen molar-refractivity contribution in [3.05, 3.63) is 59.3 Å². The quantitative estimate of drug-likeness (QED) is 0.805. The van der Waals surface area contributed by atoms with Crippen LogP contribution in [0.5, 0.6) is 0 Å². The highest BCUT2D eigenvalue weighted by Gasteiger charge is 2.16. The van der Waals surface area contributed by atoms with Crippen molar-refractivity contribution >= 4 is 28.5 Å². The molecule has 106 valence electrons. The van der Waals surface area contributed by atoms with Gasteiger partial charge in [-0.25, -0.2) is 9.97 Å². The SMILES string of the molecule is CC(NC(=O)c1cnc(Cl)cn1)c1cc2ccccc2o1. The van der Waals surface area contributed by atoms with Gasteiger partial charge in [0.1, 0.15) is 22.2 Å². The Kier molecular flexibility index (Phi) is 3.58. The van der Waals surface area contributed by atoms with Gasteiger partial charge in [-0.3, -0.25) is 4.79 Å². The standard InChI is InChI=1S/C15H12ClN3O2/c1-9(13-6-10-4-2-3-5-12(10)21-13)19-15(20)11-7-18-14(16)8-17-11/h2-9H,1H3,(H,19,20). The van der Waals surface area contributed by atoms with Crippen molar-refractivity contribution in [1.29, 1.82) is 0 Å². The number of fused-ring (bicyclic) bond motifs is 1. The number of hydrogen-bond acceptors (Lipinski definition) is 4. The van der Waals surface area contributed by atoms with Crippen molar-refractivity contribution < 1.29 is 9.21 Å². The van der Waals surface area contributed by atoms with Crippen molar-refractivity contribution in [1.82, 2.24) is 15.3 Å². The van der Waals surface area contributed by atoms with Crippen LogP contribution in [0.1, 0.15) is 29.2 Å². The molecular formula is C15H12ClN3O2. The Morgan fingerprint density at radius 1 is 1.29 bits per heavy atom. The third-order valence-corrected chi connectivity index (χ3v) is 3.27. The third-order valence-electron chi connectivity index (χ3n) is 3.07. The van der Waals surface area contributed by atoms with E-state index >= 15 is 0 Å². The van der Waals surface area contributed by atoms with E-state index in [1.807, 2.05) is 37.3 Å². The Hall–Kier alpha value is -2.40. The van der Waals surface area contributed by atoms with Gasteiger partial charge in [0, 0.05) is 5.39 Å². The first-order chi connectivity index (χ1) is 10.1. The predicted molar refractivity (Wildman–Crippen MR) is 79.1 cm³/mol. The topological polar surface area (TPSA) is 68.0 Å². The molecule has 0 aliphatic heterocycles. The molecule has 2 heterocycles. The molecule has 5 nitrogen and oxygen atoms in total. The zero-order valence-corrected chi connectivity index (χ0v) is 12.0. The molecule has 0 aliphatic rings. The monoisotopic (exact) mass is 301 g/mol. The van der Waals surface area contributed by atoms with Gasteiger partial charge in [0.05, 0.1) is 18.4 Å². The maximum absolute atomic E-state index is 12.1. The molecule has 6 heteroatoms. The molecule has 0 fully saturated rings. The summed E-state index contributed by atoms with van der Waals surface area (Å²) in [6.07, 6.45) is 2.67. The molecule has 21 heavy (non-hydrogen) atoms. The first-order valence-corrected chi connectivity index (χ1v) is 6.78. The first-order valence-electron chi connectivity index (χ1n) is 6.40. The molecule has 1 aromatic carbocycles. The lowest BCUT2D eigenvalue weighted by atomic mass is 10.2. The van der Waals surface area contributed by atoms with E-state index < -0.39 is 0 Å². The fourth-order valence-electron chi connectivity index (χ4n) is 1.99. The van der Waals surface area contributed by atoms with Gasteiger partial charge in [0.2, 0.25) is 0 Å². The van der Waals surface area contributed by atoms with E-state index in [1.165, 1.54) is 12.4 Å². The number of nitrogens with zero attached hydrogens (tertiary/aromatic N) is 2. The van der Waals surface area contributed by atoms with Gasteiger partial charge >= 0.3 is 0 Å². The smallest absolute Gasteiger partial charge is 0.272 e. The van der Waals surface area contributed by atoms with Crippen LogP contribution in [0.15, 0.2) is 47.1 Å². The molecule has 1 amide bonds. The molecule has 0 saturated heterocycles. The van der Waals surface area contributed by atoms with Crippen LogP contribution < -0.4 is 5.32 Å². The summed E-state index contributed by atoms with van der Waals surface area (Å²) in [6, 6.07) is 9.33. The summed E-state index contributed by atoms with van der Waals surface area (Å²) in [5.74, 6) is 0.360. The Morgan fingerprint density at radius 3 is 2.81 bits per heavy atom. The van der Waals surface area contributed by atoms with Crippen molar-refractivity contribution in [2.45, 2.75) is 13.0 Å². The molecular weight excluding hydrogens is 290 g/mol. The number of hydrogen-bond donors (Lipinski definition) is 1. The highest BCUT2D eigenvalue weighted by atomic mass is 35.5. The maximum Gasteiger partial charge on any atom is 0.272 e. The third kappa shape index (κ3) is 2.87. The molecule has 0 radical (unpaired) electrons. The maximum atomic E-state index is 12.1. The summed E-state index contributed by atoms with van der Waals surface area (Å²) in [5, 5.41) is 4.06. The van der Waals surface area contributed by atoms with Crippen LogP contribution in [0.2, 0.25) is 5.15 Å². The van der Waals surface area contributed by atoms with Gasteiger partial charge in [-0.1, -0.05) is 29.8 Å². The highest BCUT2D eigenvalue weighted by molar-refractivity contribution is 6.29. The number of benzene rings is 1. The summed E-state index contributed by atoms with van der Waals surface area (Å²) in [4.78, 5) is 19.8. The lowest BCUT2D eigenvalue weighted by molar-refractivity contribution is 0.0930. The Morgan fingerprint density at radius 2 is 2.10 bits per heavy atom. The van der Waals surface area contributed by atoms with Crippen LogP contribution in [0.3, 0.4) is 0 Å².